The average Bonchev–Trinajstić information content (AvgIpc) is 3.83. The molecule has 0 amide bonds. The number of nitrogens with zero attached hydrogens (tertiary/aromatic N) is 2. The molecule has 2 aromatic heterocycles. The van der Waals surface area contributed by atoms with Crippen molar-refractivity contribution < 1.29 is 9.47 Å². The molecule has 0 N–H and O–H groups in total. The highest BCUT2D eigenvalue weighted by atomic mass is 16.5. The van der Waals surface area contributed by atoms with E-state index in [9.17, 15) is 0 Å². The van der Waals surface area contributed by atoms with Crippen LogP contribution in [0.4, 0.5) is 0 Å². The van der Waals surface area contributed by atoms with Gasteiger partial charge in [0.1, 0.15) is 23.0 Å². The molecule has 0 bridgehead atoms. The molecule has 0 radical (unpaired) electrons. The lowest BCUT2D eigenvalue weighted by atomic mass is 9.34. The number of fused-ring (bicyclic) bond motifs is 15. The van der Waals surface area contributed by atoms with Crippen molar-refractivity contribution in [2.75, 3.05) is 0 Å². The van der Waals surface area contributed by atoms with E-state index in [1.807, 2.05) is 0 Å². The van der Waals surface area contributed by atoms with Crippen molar-refractivity contribution in [3.05, 3.63) is 175 Å². The maximum absolute atomic E-state index is 7.38. The van der Waals surface area contributed by atoms with Gasteiger partial charge in [-0.25, -0.2) is 0 Å². The fourth-order valence-corrected chi connectivity index (χ4v) is 10.5. The van der Waals surface area contributed by atoms with Crippen LogP contribution in [0.1, 0.15) is 25.0 Å². The highest BCUT2D eigenvalue weighted by molar-refractivity contribution is 6.98. The Balaban J connectivity index is 1.17. The molecule has 0 saturated carbocycles. The average molecular weight is 717 g/mol. The van der Waals surface area contributed by atoms with Crippen molar-refractivity contribution in [3.63, 3.8) is 0 Å². The maximum Gasteiger partial charge on any atom is 0.260 e. The smallest absolute Gasteiger partial charge is 0.260 e. The fraction of sp³-hybridized carbons (Fsp3) is 0.0588. The number of aromatic nitrogens is 2. The van der Waals surface area contributed by atoms with Gasteiger partial charge in [0.2, 0.25) is 0 Å². The van der Waals surface area contributed by atoms with Gasteiger partial charge in [-0.3, -0.25) is 0 Å². The lowest BCUT2D eigenvalue weighted by Crippen LogP contribution is -2.57. The molecule has 13 rings (SSSR count). The molecule has 0 atom stereocenters. The predicted molar refractivity (Wildman–Crippen MR) is 230 cm³/mol. The first-order valence-corrected chi connectivity index (χ1v) is 19.5. The quantitative estimate of drug-likeness (QED) is 0.167. The third-order valence-corrected chi connectivity index (χ3v) is 12.8. The lowest BCUT2D eigenvalue weighted by Gasteiger charge is -2.36. The predicted octanol–water partition coefficient (Wildman–Crippen LogP) is 10.9. The second-order valence-corrected chi connectivity index (χ2v) is 16.0. The first kappa shape index (κ1) is 30.4. The Morgan fingerprint density at radius 1 is 0.464 bits per heavy atom. The number of hydrogen-bond donors (Lipinski definition) is 0. The summed E-state index contributed by atoms with van der Waals surface area (Å²) in [5, 5.41) is 4.69. The van der Waals surface area contributed by atoms with Crippen LogP contribution in [-0.2, 0) is 5.41 Å². The largest absolute Gasteiger partial charge is 0.458 e. The molecule has 8 aromatic carbocycles. The molecule has 5 heteroatoms. The molecule has 4 heterocycles. The maximum atomic E-state index is 7.38. The van der Waals surface area contributed by atoms with Crippen molar-refractivity contribution >= 4 is 66.7 Å². The normalized spacial score (nSPS) is 14.3. The van der Waals surface area contributed by atoms with Crippen molar-refractivity contribution in [2.24, 2.45) is 0 Å². The minimum atomic E-state index is -0.248. The topological polar surface area (TPSA) is 28.3 Å². The van der Waals surface area contributed by atoms with Gasteiger partial charge in [0, 0.05) is 56.1 Å². The van der Waals surface area contributed by atoms with E-state index in [-0.39, 0.29) is 12.1 Å². The molecule has 0 unspecified atom stereocenters. The molecular weight excluding hydrogens is 683 g/mol. The zero-order chi connectivity index (χ0) is 36.9. The Bertz CT molecular complexity index is 3340. The highest BCUT2D eigenvalue weighted by Gasteiger charge is 2.47. The van der Waals surface area contributed by atoms with Crippen LogP contribution in [0.3, 0.4) is 0 Å². The van der Waals surface area contributed by atoms with Gasteiger partial charge < -0.3 is 18.6 Å². The first-order valence-electron chi connectivity index (χ1n) is 19.5. The monoisotopic (exact) mass is 716 g/mol. The number of benzene rings is 8. The van der Waals surface area contributed by atoms with E-state index < -0.39 is 0 Å². The van der Waals surface area contributed by atoms with Gasteiger partial charge in [0.25, 0.3) is 6.71 Å². The summed E-state index contributed by atoms with van der Waals surface area (Å²) in [4.78, 5) is 0. The lowest BCUT2D eigenvalue weighted by molar-refractivity contribution is 0.458. The van der Waals surface area contributed by atoms with Crippen molar-refractivity contribution in [3.8, 4) is 45.5 Å². The summed E-state index contributed by atoms with van der Waals surface area (Å²) in [5.41, 5.74) is 15.0. The molecule has 3 aliphatic rings. The van der Waals surface area contributed by atoms with Crippen LogP contribution in [0.15, 0.2) is 164 Å². The highest BCUT2D eigenvalue weighted by Crippen LogP contribution is 2.54. The van der Waals surface area contributed by atoms with Crippen LogP contribution in [-0.4, -0.2) is 15.8 Å². The van der Waals surface area contributed by atoms with Crippen molar-refractivity contribution in [1.82, 2.24) is 9.13 Å². The molecule has 0 saturated heterocycles. The summed E-state index contributed by atoms with van der Waals surface area (Å²) in [6, 6.07) is 59.2. The molecule has 10 aromatic rings. The first-order chi connectivity index (χ1) is 27.6. The second-order valence-electron chi connectivity index (χ2n) is 16.0. The Kier molecular flexibility index (Phi) is 5.76. The Hall–Kier alpha value is -6.98. The van der Waals surface area contributed by atoms with Gasteiger partial charge in [-0.15, -0.1) is 0 Å². The minimum absolute atomic E-state index is 0.108. The Morgan fingerprint density at radius 2 is 1.07 bits per heavy atom. The number of para-hydroxylation sites is 4. The van der Waals surface area contributed by atoms with Gasteiger partial charge >= 0.3 is 0 Å². The van der Waals surface area contributed by atoms with Crippen LogP contribution in [0, 0.1) is 0 Å². The molecule has 262 valence electrons. The summed E-state index contributed by atoms with van der Waals surface area (Å²) in [5.74, 6) is 3.56. The summed E-state index contributed by atoms with van der Waals surface area (Å²) in [6.45, 7) is 4.58. The number of rotatable bonds is 2. The van der Waals surface area contributed by atoms with Gasteiger partial charge in [-0.2, -0.15) is 0 Å². The van der Waals surface area contributed by atoms with E-state index in [1.165, 1.54) is 44.0 Å². The van der Waals surface area contributed by atoms with Crippen LogP contribution in [0.2, 0.25) is 0 Å². The van der Waals surface area contributed by atoms with Gasteiger partial charge in [0.15, 0.2) is 0 Å². The molecule has 0 spiro atoms. The van der Waals surface area contributed by atoms with Gasteiger partial charge in [0.05, 0.1) is 27.5 Å². The molecule has 0 fully saturated rings. The zero-order valence-electron chi connectivity index (χ0n) is 30.9. The van der Waals surface area contributed by atoms with Crippen molar-refractivity contribution in [1.29, 1.82) is 0 Å². The van der Waals surface area contributed by atoms with E-state index in [0.29, 0.717) is 0 Å². The van der Waals surface area contributed by atoms with E-state index in [1.54, 1.807) is 0 Å². The Labute approximate surface area is 323 Å². The summed E-state index contributed by atoms with van der Waals surface area (Å²) >= 11 is 0. The standard InChI is InChI=1S/C51H33BN2O2/c1-51(2)37-22-12-9-19-32(37)34-25-26-38-49(47(34)51)56-45-29-43-46(35-21-11-14-24-41(35)54(43)31-17-7-4-8-18-31)50-48(45)52(38)39-27-36-33-20-10-13-23-40(33)53(30-15-5-3-6-16-30)42(36)28-44(39)55-50/h3-29H,1-2H3. The van der Waals surface area contributed by atoms with E-state index in [0.717, 1.165) is 72.6 Å². The SMILES string of the molecule is CC1(C)c2ccccc2-c2ccc3c(c21)Oc1cc2c(c4c1B3c1cc3c5ccccc5n(-c5ccccc5)c3cc1O4)c1ccccc1n2-c1ccccc1. The summed E-state index contributed by atoms with van der Waals surface area (Å²) in [6.07, 6.45) is 0. The van der Waals surface area contributed by atoms with Crippen LogP contribution in [0.5, 0.6) is 23.0 Å². The third-order valence-electron chi connectivity index (χ3n) is 12.8. The fourth-order valence-electron chi connectivity index (χ4n) is 10.5. The minimum Gasteiger partial charge on any atom is -0.458 e. The molecular formula is C51H33BN2O2. The van der Waals surface area contributed by atoms with Crippen LogP contribution < -0.4 is 25.9 Å². The molecule has 1 aliphatic carbocycles. The second kappa shape index (κ2) is 10.6. The van der Waals surface area contributed by atoms with Gasteiger partial charge in [-0.05, 0) is 64.0 Å². The van der Waals surface area contributed by atoms with E-state index in [2.05, 4.69) is 187 Å². The summed E-state index contributed by atoms with van der Waals surface area (Å²) < 4.78 is 19.5. The van der Waals surface area contributed by atoms with Gasteiger partial charge in [-0.1, -0.05) is 129 Å². The van der Waals surface area contributed by atoms with E-state index in [4.69, 9.17) is 9.47 Å². The van der Waals surface area contributed by atoms with E-state index >= 15 is 0 Å². The number of ether oxygens (including phenoxy) is 2. The summed E-state index contributed by atoms with van der Waals surface area (Å²) in [7, 11) is 0. The molecule has 56 heavy (non-hydrogen) atoms. The van der Waals surface area contributed by atoms with Crippen molar-refractivity contribution in [2.45, 2.75) is 19.3 Å². The molecule has 2 aliphatic heterocycles. The number of hydrogen-bond acceptors (Lipinski definition) is 2. The van der Waals surface area contributed by atoms with Crippen LogP contribution >= 0.6 is 0 Å². The zero-order valence-corrected chi connectivity index (χ0v) is 30.9. The third kappa shape index (κ3) is 3.75. The Morgan fingerprint density at radius 3 is 1.84 bits per heavy atom. The molecule has 4 nitrogen and oxygen atoms in total. The van der Waals surface area contributed by atoms with Crippen LogP contribution in [0.25, 0.3) is 66.1 Å².